The van der Waals surface area contributed by atoms with Crippen LogP contribution in [0.2, 0.25) is 5.02 Å². The van der Waals surface area contributed by atoms with Gasteiger partial charge in [-0.3, -0.25) is 4.79 Å². The maximum atomic E-state index is 12.8. The molecule has 2 aromatic rings. The van der Waals surface area contributed by atoms with Crippen molar-refractivity contribution in [2.45, 2.75) is 31.5 Å². The fourth-order valence-electron chi connectivity index (χ4n) is 3.30. The molecule has 0 aliphatic carbocycles. The Kier molecular flexibility index (Phi) is 6.52. The lowest BCUT2D eigenvalue weighted by Gasteiger charge is -2.33. The molecule has 1 aliphatic heterocycles. The van der Waals surface area contributed by atoms with E-state index in [2.05, 4.69) is 10.3 Å². The summed E-state index contributed by atoms with van der Waals surface area (Å²) in [5.41, 5.74) is -0.00837. The van der Waals surface area contributed by atoms with Gasteiger partial charge in [-0.25, -0.2) is 4.98 Å². The van der Waals surface area contributed by atoms with Crippen LogP contribution in [0.1, 0.15) is 24.0 Å². The predicted molar refractivity (Wildman–Crippen MR) is 104 cm³/mol. The van der Waals surface area contributed by atoms with Crippen molar-refractivity contribution in [2.24, 2.45) is 0 Å². The minimum absolute atomic E-state index is 0.00224. The summed E-state index contributed by atoms with van der Waals surface area (Å²) in [4.78, 5) is 18.1. The van der Waals surface area contributed by atoms with E-state index in [-0.39, 0.29) is 23.4 Å². The molecular formula is C20H21ClF3N3O2. The van der Waals surface area contributed by atoms with E-state index in [4.69, 9.17) is 16.3 Å². The van der Waals surface area contributed by atoms with Crippen LogP contribution in [-0.4, -0.2) is 37.1 Å². The number of methoxy groups -OCH3 is 1. The Morgan fingerprint density at radius 2 is 2.03 bits per heavy atom. The van der Waals surface area contributed by atoms with Crippen LogP contribution in [0.4, 0.5) is 19.0 Å². The molecule has 29 heavy (non-hydrogen) atoms. The van der Waals surface area contributed by atoms with Crippen LogP contribution in [0.3, 0.4) is 0 Å². The molecule has 1 aromatic heterocycles. The molecular weight excluding hydrogens is 407 g/mol. The molecule has 1 aliphatic rings. The molecule has 0 saturated carbocycles. The van der Waals surface area contributed by atoms with E-state index in [1.165, 1.54) is 0 Å². The zero-order chi connectivity index (χ0) is 21.0. The summed E-state index contributed by atoms with van der Waals surface area (Å²) < 4.78 is 43.4. The lowest BCUT2D eigenvalue weighted by atomic mass is 10.0. The molecule has 156 valence electrons. The average molecular weight is 428 g/mol. The van der Waals surface area contributed by atoms with Gasteiger partial charge in [-0.15, -0.1) is 0 Å². The van der Waals surface area contributed by atoms with Crippen molar-refractivity contribution < 1.29 is 22.7 Å². The number of rotatable bonds is 5. The van der Waals surface area contributed by atoms with Gasteiger partial charge in [0.25, 0.3) is 0 Å². The van der Waals surface area contributed by atoms with E-state index < -0.39 is 11.7 Å². The molecule has 5 nitrogen and oxygen atoms in total. The summed E-state index contributed by atoms with van der Waals surface area (Å²) in [7, 11) is 1.57. The summed E-state index contributed by atoms with van der Waals surface area (Å²) in [6.07, 6.45) is -2.12. The third kappa shape index (κ3) is 5.53. The fraction of sp³-hybridized carbons (Fsp3) is 0.400. The molecule has 0 unspecified atom stereocenters. The van der Waals surface area contributed by atoms with Gasteiger partial charge in [-0.05, 0) is 36.6 Å². The van der Waals surface area contributed by atoms with Gasteiger partial charge in [0.15, 0.2) is 0 Å². The average Bonchev–Trinajstić information content (AvgIpc) is 2.68. The summed E-state index contributed by atoms with van der Waals surface area (Å²) in [6, 6.07) is 8.23. The second kappa shape index (κ2) is 8.90. The third-order valence-corrected chi connectivity index (χ3v) is 5.09. The molecule has 9 heteroatoms. The highest BCUT2D eigenvalue weighted by Gasteiger charge is 2.32. The molecule has 3 rings (SSSR count). The number of hydrogen-bond donors (Lipinski definition) is 1. The number of carbonyl (C=O) groups is 1. The van der Waals surface area contributed by atoms with E-state index >= 15 is 0 Å². The van der Waals surface area contributed by atoms with Crippen molar-refractivity contribution in [1.29, 1.82) is 0 Å². The van der Waals surface area contributed by atoms with Crippen molar-refractivity contribution in [3.63, 3.8) is 0 Å². The number of nitrogens with one attached hydrogen (secondary N) is 1. The third-order valence-electron chi connectivity index (χ3n) is 4.81. The van der Waals surface area contributed by atoms with Gasteiger partial charge >= 0.3 is 6.18 Å². The fourth-order valence-corrected chi connectivity index (χ4v) is 3.59. The molecule has 0 radical (unpaired) electrons. The van der Waals surface area contributed by atoms with Gasteiger partial charge in [0.2, 0.25) is 5.91 Å². The SMILES string of the molecule is COc1cccc(CC(=O)NC2CCN(c3ncc(C(F)(F)F)cc3Cl)CC2)c1. The van der Waals surface area contributed by atoms with Crippen LogP contribution in [-0.2, 0) is 17.4 Å². The second-order valence-corrected chi connectivity index (χ2v) is 7.29. The topological polar surface area (TPSA) is 54.5 Å². The first-order valence-electron chi connectivity index (χ1n) is 9.16. The van der Waals surface area contributed by atoms with Gasteiger partial charge in [-0.1, -0.05) is 23.7 Å². The van der Waals surface area contributed by atoms with E-state index in [1.807, 2.05) is 29.2 Å². The minimum Gasteiger partial charge on any atom is -0.497 e. The van der Waals surface area contributed by atoms with Gasteiger partial charge in [0.1, 0.15) is 11.6 Å². The standard InChI is InChI=1S/C20H21ClF3N3O2/c1-29-16-4-2-3-13(9-16)10-18(28)26-15-5-7-27(8-6-15)19-17(21)11-14(12-25-19)20(22,23)24/h2-4,9,11-12,15H,5-8,10H2,1H3,(H,26,28). The largest absolute Gasteiger partial charge is 0.497 e. The first kappa shape index (κ1) is 21.2. The number of piperidine rings is 1. The number of hydrogen-bond acceptors (Lipinski definition) is 4. The van der Waals surface area contributed by atoms with E-state index in [0.29, 0.717) is 37.5 Å². The molecule has 1 aromatic carbocycles. The Bertz CT molecular complexity index is 868. The van der Waals surface area contributed by atoms with Crippen molar-refractivity contribution in [1.82, 2.24) is 10.3 Å². The normalized spacial score (nSPS) is 15.3. The lowest BCUT2D eigenvalue weighted by Crippen LogP contribution is -2.45. The Hall–Kier alpha value is -2.48. The van der Waals surface area contributed by atoms with Crippen molar-refractivity contribution in [3.05, 3.63) is 52.7 Å². The number of anilines is 1. The van der Waals surface area contributed by atoms with Gasteiger partial charge < -0.3 is 15.0 Å². The highest BCUT2D eigenvalue weighted by Crippen LogP contribution is 2.34. The number of nitrogens with zero attached hydrogens (tertiary/aromatic N) is 2. The molecule has 1 saturated heterocycles. The summed E-state index contributed by atoms with van der Waals surface area (Å²) >= 11 is 6.02. The maximum absolute atomic E-state index is 12.8. The maximum Gasteiger partial charge on any atom is 0.417 e. The van der Waals surface area contributed by atoms with Crippen LogP contribution < -0.4 is 15.0 Å². The van der Waals surface area contributed by atoms with Crippen LogP contribution in [0.25, 0.3) is 0 Å². The monoisotopic (exact) mass is 427 g/mol. The van der Waals surface area contributed by atoms with E-state index in [0.717, 1.165) is 17.8 Å². The Balaban J connectivity index is 1.53. The molecule has 0 atom stereocenters. The van der Waals surface area contributed by atoms with Crippen LogP contribution in [0.5, 0.6) is 5.75 Å². The first-order valence-corrected chi connectivity index (χ1v) is 9.54. The number of carbonyl (C=O) groups excluding carboxylic acids is 1. The molecule has 1 amide bonds. The van der Waals surface area contributed by atoms with Crippen molar-refractivity contribution in [3.8, 4) is 5.75 Å². The van der Waals surface area contributed by atoms with E-state index in [1.54, 1.807) is 7.11 Å². The molecule has 1 N–H and O–H groups in total. The Morgan fingerprint density at radius 1 is 1.31 bits per heavy atom. The summed E-state index contributed by atoms with van der Waals surface area (Å²) in [5.74, 6) is 0.952. The molecule has 0 bridgehead atoms. The zero-order valence-electron chi connectivity index (χ0n) is 15.8. The molecule has 1 fully saturated rings. The van der Waals surface area contributed by atoms with E-state index in [9.17, 15) is 18.0 Å². The summed E-state index contributed by atoms with van der Waals surface area (Å²) in [5, 5.41) is 2.98. The predicted octanol–water partition coefficient (Wildman–Crippen LogP) is 4.09. The number of alkyl halides is 3. The number of benzene rings is 1. The van der Waals surface area contributed by atoms with Crippen LogP contribution >= 0.6 is 11.6 Å². The van der Waals surface area contributed by atoms with Gasteiger partial charge in [-0.2, -0.15) is 13.2 Å². The van der Waals surface area contributed by atoms with Crippen LogP contribution in [0.15, 0.2) is 36.5 Å². The van der Waals surface area contributed by atoms with Crippen molar-refractivity contribution in [2.75, 3.05) is 25.1 Å². The number of halogens is 4. The minimum atomic E-state index is -4.48. The smallest absolute Gasteiger partial charge is 0.417 e. The Labute approximate surface area is 171 Å². The highest BCUT2D eigenvalue weighted by atomic mass is 35.5. The lowest BCUT2D eigenvalue weighted by molar-refractivity contribution is -0.137. The number of ether oxygens (including phenoxy) is 1. The number of pyridine rings is 1. The molecule has 0 spiro atoms. The molecule has 2 heterocycles. The quantitative estimate of drug-likeness (QED) is 0.781. The number of amides is 1. The number of aromatic nitrogens is 1. The van der Waals surface area contributed by atoms with Crippen molar-refractivity contribution >= 4 is 23.3 Å². The van der Waals surface area contributed by atoms with Crippen LogP contribution in [0, 0.1) is 0 Å². The first-order chi connectivity index (χ1) is 13.8. The van der Waals surface area contributed by atoms with Gasteiger partial charge in [0, 0.05) is 25.3 Å². The Morgan fingerprint density at radius 3 is 2.66 bits per heavy atom. The second-order valence-electron chi connectivity index (χ2n) is 6.88. The zero-order valence-corrected chi connectivity index (χ0v) is 16.6. The summed E-state index contributed by atoms with van der Waals surface area (Å²) in [6.45, 7) is 1.09. The van der Waals surface area contributed by atoms with Gasteiger partial charge in [0.05, 0.1) is 24.1 Å². The highest BCUT2D eigenvalue weighted by molar-refractivity contribution is 6.33.